The Morgan fingerprint density at radius 1 is 1.12 bits per heavy atom. The van der Waals surface area contributed by atoms with Crippen LogP contribution < -0.4 is 10.9 Å². The lowest BCUT2D eigenvalue weighted by molar-refractivity contribution is -0.0845. The van der Waals surface area contributed by atoms with Crippen LogP contribution in [0.1, 0.15) is 13.8 Å². The quantitative estimate of drug-likeness (QED) is 0.558. The highest BCUT2D eigenvalue weighted by atomic mass is 28.3. The minimum Gasteiger partial charge on any atom is -0.357 e. The minimum absolute atomic E-state index is 0.109. The van der Waals surface area contributed by atoms with E-state index in [9.17, 15) is 0 Å². The van der Waals surface area contributed by atoms with Crippen LogP contribution in [-0.2, 0) is 9.47 Å². The highest BCUT2D eigenvalue weighted by Crippen LogP contribution is 2.01. The molecule has 0 saturated heterocycles. The highest BCUT2D eigenvalue weighted by Gasteiger charge is 2.24. The van der Waals surface area contributed by atoms with Crippen LogP contribution in [0.3, 0.4) is 0 Å². The highest BCUT2D eigenvalue weighted by molar-refractivity contribution is 6.74. The summed E-state index contributed by atoms with van der Waals surface area (Å²) in [5, 5.41) is 1.30. The minimum atomic E-state index is -1.39. The van der Waals surface area contributed by atoms with Gasteiger partial charge >= 0.3 is 0 Å². The zero-order valence-electron chi connectivity index (χ0n) is 10.1. The van der Waals surface area contributed by atoms with Crippen molar-refractivity contribution in [3.63, 3.8) is 0 Å². The lowest BCUT2D eigenvalue weighted by atomic mass is 10.4. The Kier molecular flexibility index (Phi) is 6.33. The van der Waals surface area contributed by atoms with E-state index in [0.29, 0.717) is 19.4 Å². The molecule has 0 aliphatic carbocycles. The second-order valence-corrected chi connectivity index (χ2v) is 6.43. The fraction of sp³-hybridized carbons (Fsp3) is 0.500. The number of hydrogen-bond donors (Lipinski definition) is 1. The second-order valence-electron chi connectivity index (χ2n) is 3.53. The number of nitrogens with two attached hydrogens (primary N) is 1. The van der Waals surface area contributed by atoms with Crippen molar-refractivity contribution < 1.29 is 9.47 Å². The molecular weight excluding hydrogens is 218 g/mol. The maximum Gasteiger partial charge on any atom is 0.151 e. The SMILES string of the molecule is CCOC(OCC)[SiH](CN)c1ccccc1. The Morgan fingerprint density at radius 3 is 2.12 bits per heavy atom. The molecule has 0 radical (unpaired) electrons. The van der Waals surface area contributed by atoms with Crippen LogP contribution in [0.5, 0.6) is 0 Å². The van der Waals surface area contributed by atoms with Crippen molar-refractivity contribution in [3.8, 4) is 0 Å². The fourth-order valence-corrected chi connectivity index (χ4v) is 4.09. The molecule has 1 rings (SSSR count). The Labute approximate surface area is 99.2 Å². The van der Waals surface area contributed by atoms with Gasteiger partial charge in [-0.1, -0.05) is 35.5 Å². The van der Waals surface area contributed by atoms with Crippen LogP contribution in [0.2, 0.25) is 0 Å². The number of ether oxygens (including phenoxy) is 2. The summed E-state index contributed by atoms with van der Waals surface area (Å²) in [7, 11) is -1.39. The molecule has 0 aromatic heterocycles. The van der Waals surface area contributed by atoms with Crippen molar-refractivity contribution in [2.75, 3.05) is 19.4 Å². The van der Waals surface area contributed by atoms with Crippen molar-refractivity contribution in [1.29, 1.82) is 0 Å². The first-order valence-electron chi connectivity index (χ1n) is 5.81. The Balaban J connectivity index is 2.77. The second kappa shape index (κ2) is 7.57. The van der Waals surface area contributed by atoms with Crippen molar-refractivity contribution in [3.05, 3.63) is 30.3 Å². The molecule has 2 N–H and O–H groups in total. The van der Waals surface area contributed by atoms with E-state index in [1.165, 1.54) is 5.19 Å². The van der Waals surface area contributed by atoms with E-state index in [0.717, 1.165) is 0 Å². The molecule has 0 saturated carbocycles. The molecule has 16 heavy (non-hydrogen) atoms. The maximum absolute atomic E-state index is 5.87. The van der Waals surface area contributed by atoms with Gasteiger partial charge in [-0.05, 0) is 20.0 Å². The van der Waals surface area contributed by atoms with E-state index in [1.807, 2.05) is 32.0 Å². The summed E-state index contributed by atoms with van der Waals surface area (Å²) < 4.78 is 11.3. The summed E-state index contributed by atoms with van der Waals surface area (Å²) in [6, 6.07) is 10.3. The maximum atomic E-state index is 5.87. The van der Waals surface area contributed by atoms with Gasteiger partial charge in [0.25, 0.3) is 0 Å². The Hall–Kier alpha value is -0.683. The van der Waals surface area contributed by atoms with Gasteiger partial charge in [0.1, 0.15) is 5.91 Å². The van der Waals surface area contributed by atoms with Gasteiger partial charge in [-0.15, -0.1) is 0 Å². The van der Waals surface area contributed by atoms with Crippen molar-refractivity contribution in [2.45, 2.75) is 19.8 Å². The molecule has 90 valence electrons. The van der Waals surface area contributed by atoms with Gasteiger partial charge in [-0.2, -0.15) is 0 Å². The van der Waals surface area contributed by atoms with E-state index < -0.39 is 8.80 Å². The lowest BCUT2D eigenvalue weighted by Gasteiger charge is -2.24. The smallest absolute Gasteiger partial charge is 0.151 e. The summed E-state index contributed by atoms with van der Waals surface area (Å²) in [6.07, 6.45) is 0.661. The van der Waals surface area contributed by atoms with Crippen LogP contribution in [0.4, 0.5) is 0 Å². The fourth-order valence-electron chi connectivity index (χ4n) is 1.71. The summed E-state index contributed by atoms with van der Waals surface area (Å²) >= 11 is 0. The van der Waals surface area contributed by atoms with Gasteiger partial charge in [-0.25, -0.2) is 0 Å². The average Bonchev–Trinajstić information content (AvgIpc) is 2.32. The predicted molar refractivity (Wildman–Crippen MR) is 69.3 cm³/mol. The van der Waals surface area contributed by atoms with Crippen LogP contribution >= 0.6 is 0 Å². The number of benzene rings is 1. The van der Waals surface area contributed by atoms with E-state index in [-0.39, 0.29) is 5.91 Å². The molecular formula is C12H21NO2Si. The molecule has 1 unspecified atom stereocenters. The normalized spacial score (nSPS) is 13.0. The molecule has 0 aliphatic rings. The molecule has 4 heteroatoms. The predicted octanol–water partition coefficient (Wildman–Crippen LogP) is 0.557. The molecule has 0 aliphatic heterocycles. The number of rotatable bonds is 7. The summed E-state index contributed by atoms with van der Waals surface area (Å²) in [5.41, 5.74) is 5.87. The lowest BCUT2D eigenvalue weighted by Crippen LogP contribution is -2.50. The summed E-state index contributed by atoms with van der Waals surface area (Å²) in [4.78, 5) is 0. The van der Waals surface area contributed by atoms with Crippen LogP contribution in [0, 0.1) is 0 Å². The zero-order chi connectivity index (χ0) is 11.8. The standard InChI is InChI=1S/C12H21NO2Si/c1-3-14-12(15-4-2)16(10-13)11-8-6-5-7-9-11/h5-9,12,16H,3-4,10,13H2,1-2H3. The average molecular weight is 239 g/mol. The molecule has 1 atom stereocenters. The van der Waals surface area contributed by atoms with Gasteiger partial charge in [-0.3, -0.25) is 0 Å². The first-order chi connectivity index (χ1) is 7.83. The molecule has 0 amide bonds. The third-order valence-electron chi connectivity index (χ3n) is 2.47. The van der Waals surface area contributed by atoms with Crippen molar-refractivity contribution >= 4 is 14.0 Å². The first kappa shape index (κ1) is 13.4. The van der Waals surface area contributed by atoms with Gasteiger partial charge in [0, 0.05) is 13.2 Å². The van der Waals surface area contributed by atoms with Gasteiger partial charge in [0.2, 0.25) is 0 Å². The van der Waals surface area contributed by atoms with E-state index in [2.05, 4.69) is 12.1 Å². The molecule has 1 aromatic rings. The third-order valence-corrected chi connectivity index (χ3v) is 5.26. The topological polar surface area (TPSA) is 44.5 Å². The largest absolute Gasteiger partial charge is 0.357 e. The molecule has 0 spiro atoms. The first-order valence-corrected chi connectivity index (χ1v) is 7.87. The van der Waals surface area contributed by atoms with Crippen molar-refractivity contribution in [2.24, 2.45) is 5.73 Å². The van der Waals surface area contributed by atoms with Gasteiger partial charge in [0.05, 0.1) is 0 Å². The third kappa shape index (κ3) is 3.72. The molecule has 0 fully saturated rings. The summed E-state index contributed by atoms with van der Waals surface area (Å²) in [5.74, 6) is -0.109. The van der Waals surface area contributed by atoms with E-state index >= 15 is 0 Å². The van der Waals surface area contributed by atoms with E-state index in [4.69, 9.17) is 15.2 Å². The monoisotopic (exact) mass is 239 g/mol. The Bertz CT molecular complexity index is 276. The Morgan fingerprint density at radius 2 is 1.69 bits per heavy atom. The molecule has 1 aromatic carbocycles. The van der Waals surface area contributed by atoms with Crippen LogP contribution in [0.15, 0.2) is 30.3 Å². The van der Waals surface area contributed by atoms with E-state index in [1.54, 1.807) is 0 Å². The molecule has 0 bridgehead atoms. The van der Waals surface area contributed by atoms with Gasteiger partial charge < -0.3 is 15.2 Å². The van der Waals surface area contributed by atoms with Gasteiger partial charge in [0.15, 0.2) is 8.80 Å². The molecule has 3 nitrogen and oxygen atoms in total. The van der Waals surface area contributed by atoms with Crippen molar-refractivity contribution in [1.82, 2.24) is 0 Å². The van der Waals surface area contributed by atoms with Crippen LogP contribution in [-0.4, -0.2) is 34.1 Å². The number of hydrogen-bond acceptors (Lipinski definition) is 3. The summed E-state index contributed by atoms with van der Waals surface area (Å²) in [6.45, 7) is 5.31. The molecule has 0 heterocycles. The van der Waals surface area contributed by atoms with Crippen LogP contribution in [0.25, 0.3) is 0 Å². The zero-order valence-corrected chi connectivity index (χ0v) is 11.2.